The lowest BCUT2D eigenvalue weighted by Crippen LogP contribution is -2.30. The molecule has 0 aliphatic heterocycles. The first-order chi connectivity index (χ1) is 49.3. The lowest BCUT2D eigenvalue weighted by atomic mass is 9.99. The molecule has 0 heterocycles. The van der Waals surface area contributed by atoms with Gasteiger partial charge in [0.2, 0.25) is 0 Å². The van der Waals surface area contributed by atoms with Crippen molar-refractivity contribution in [1.82, 2.24) is 0 Å². The van der Waals surface area contributed by atoms with Crippen molar-refractivity contribution in [3.63, 3.8) is 0 Å². The van der Waals surface area contributed by atoms with Crippen molar-refractivity contribution < 1.29 is 80.2 Å². The first-order valence-electron chi connectivity index (χ1n) is 42.9. The van der Waals surface area contributed by atoms with Gasteiger partial charge in [-0.1, -0.05) is 382 Å². The fourth-order valence-corrected chi connectivity index (χ4v) is 14.4. The van der Waals surface area contributed by atoms with Gasteiger partial charge in [-0.15, -0.1) is 0 Å². The van der Waals surface area contributed by atoms with Gasteiger partial charge in [-0.05, 0) is 43.4 Å². The molecule has 0 aliphatic rings. The molecule has 19 heteroatoms. The zero-order chi connectivity index (χ0) is 75.1. The molecule has 0 saturated carbocycles. The minimum absolute atomic E-state index is 0.106. The molecule has 0 amide bonds. The highest BCUT2D eigenvalue weighted by Gasteiger charge is 2.30. The van der Waals surface area contributed by atoms with Gasteiger partial charge >= 0.3 is 39.5 Å². The molecule has 0 aromatic rings. The molecular formula is C83H162O17P2. The third kappa shape index (κ3) is 73.6. The number of esters is 4. The van der Waals surface area contributed by atoms with Crippen LogP contribution in [0.15, 0.2) is 0 Å². The largest absolute Gasteiger partial charge is 0.472 e. The average molecular weight is 1490 g/mol. The highest BCUT2D eigenvalue weighted by Crippen LogP contribution is 2.45. The summed E-state index contributed by atoms with van der Waals surface area (Å²) in [6, 6.07) is 0. The second-order valence-electron chi connectivity index (χ2n) is 30.8. The molecule has 0 aromatic carbocycles. The van der Waals surface area contributed by atoms with Gasteiger partial charge in [0, 0.05) is 25.7 Å². The number of aliphatic hydroxyl groups excluding tert-OH is 1. The Morgan fingerprint density at radius 2 is 0.500 bits per heavy atom. The van der Waals surface area contributed by atoms with Crippen molar-refractivity contribution in [1.29, 1.82) is 0 Å². The molecule has 0 saturated heterocycles. The molecule has 7 atom stereocenters. The highest BCUT2D eigenvalue weighted by atomic mass is 31.2. The summed E-state index contributed by atoms with van der Waals surface area (Å²) in [4.78, 5) is 73.1. The van der Waals surface area contributed by atoms with Gasteiger partial charge in [0.15, 0.2) is 12.2 Å². The summed E-state index contributed by atoms with van der Waals surface area (Å²) < 4.78 is 68.8. The standard InChI is InChI=1S/C83H162O17P2/c1-8-11-12-13-14-15-16-17-18-19-20-21-25-28-36-43-50-57-64-80(85)93-70-78(99-82(87)66-59-52-45-37-29-26-23-22-24-27-34-41-48-55-62-75(6)9-2)72-97-101(89,90)95-68-77(84)69-96-102(91,92)98-73-79(71-94-81(86)65-58-51-44-39-32-33-40-47-54-61-74(4)5)100-83(88)67-60-53-46-38-31-30-35-42-49-56-63-76(7)10-3/h74-79,84H,8-73H2,1-7H3,(H,89,90)(H,91,92)/t75?,76?,77-,78-,79-/m1/s1. The predicted molar refractivity (Wildman–Crippen MR) is 418 cm³/mol. The van der Waals surface area contributed by atoms with Crippen LogP contribution in [0.25, 0.3) is 0 Å². The van der Waals surface area contributed by atoms with Gasteiger partial charge < -0.3 is 33.8 Å². The molecule has 3 N–H and O–H groups in total. The van der Waals surface area contributed by atoms with Crippen LogP contribution in [-0.2, 0) is 65.4 Å². The fraction of sp³-hybridized carbons (Fsp3) is 0.952. The fourth-order valence-electron chi connectivity index (χ4n) is 12.8. The number of unbranched alkanes of at least 4 members (excludes halogenated alkanes) is 47. The van der Waals surface area contributed by atoms with E-state index in [4.69, 9.17) is 37.0 Å². The summed E-state index contributed by atoms with van der Waals surface area (Å²) in [7, 11) is -9.93. The Bertz CT molecular complexity index is 1980. The van der Waals surface area contributed by atoms with Gasteiger partial charge in [-0.2, -0.15) is 0 Å². The van der Waals surface area contributed by atoms with Crippen LogP contribution < -0.4 is 0 Å². The Morgan fingerprint density at radius 3 is 0.745 bits per heavy atom. The van der Waals surface area contributed by atoms with E-state index in [1.54, 1.807) is 0 Å². The number of phosphoric acid groups is 2. The molecule has 0 aliphatic carbocycles. The van der Waals surface area contributed by atoms with Crippen LogP contribution in [0.3, 0.4) is 0 Å². The van der Waals surface area contributed by atoms with Gasteiger partial charge in [-0.25, -0.2) is 9.13 Å². The number of carbonyl (C=O) groups excluding carboxylic acids is 4. The van der Waals surface area contributed by atoms with E-state index in [0.29, 0.717) is 25.7 Å². The zero-order valence-electron chi connectivity index (χ0n) is 67.1. The molecule has 102 heavy (non-hydrogen) atoms. The quantitative estimate of drug-likeness (QED) is 0.0222. The highest BCUT2D eigenvalue weighted by molar-refractivity contribution is 7.47. The first-order valence-corrected chi connectivity index (χ1v) is 45.9. The smallest absolute Gasteiger partial charge is 0.462 e. The number of carbonyl (C=O) groups is 4. The van der Waals surface area contributed by atoms with E-state index in [1.165, 1.54) is 244 Å². The zero-order valence-corrected chi connectivity index (χ0v) is 68.9. The number of aliphatic hydroxyl groups is 1. The van der Waals surface area contributed by atoms with E-state index < -0.39 is 97.5 Å². The summed E-state index contributed by atoms with van der Waals surface area (Å²) in [5.41, 5.74) is 0. The molecule has 0 fully saturated rings. The van der Waals surface area contributed by atoms with E-state index >= 15 is 0 Å². The number of phosphoric ester groups is 2. The molecule has 0 aromatic heterocycles. The van der Waals surface area contributed by atoms with Crippen LogP contribution >= 0.6 is 15.6 Å². The second kappa shape index (κ2) is 73.2. The van der Waals surface area contributed by atoms with Gasteiger partial charge in [-0.3, -0.25) is 37.3 Å². The molecule has 4 unspecified atom stereocenters. The van der Waals surface area contributed by atoms with Gasteiger partial charge in [0.05, 0.1) is 26.4 Å². The van der Waals surface area contributed by atoms with Crippen molar-refractivity contribution in [3.8, 4) is 0 Å². The van der Waals surface area contributed by atoms with Crippen LogP contribution in [-0.4, -0.2) is 96.7 Å². The summed E-state index contributed by atoms with van der Waals surface area (Å²) >= 11 is 0. The van der Waals surface area contributed by atoms with E-state index in [2.05, 4.69) is 48.5 Å². The maximum absolute atomic E-state index is 13.1. The van der Waals surface area contributed by atoms with Crippen LogP contribution in [0.2, 0.25) is 0 Å². The molecule has 0 bridgehead atoms. The monoisotopic (exact) mass is 1490 g/mol. The van der Waals surface area contributed by atoms with Crippen LogP contribution in [0.5, 0.6) is 0 Å². The number of ether oxygens (including phenoxy) is 4. The van der Waals surface area contributed by atoms with E-state index in [9.17, 15) is 43.2 Å². The van der Waals surface area contributed by atoms with E-state index in [0.717, 1.165) is 108 Å². The predicted octanol–water partition coefficient (Wildman–Crippen LogP) is 24.9. The average Bonchev–Trinajstić information content (AvgIpc) is 0.934. The van der Waals surface area contributed by atoms with E-state index in [1.807, 2.05) is 0 Å². The Labute approximate surface area is 626 Å². The maximum Gasteiger partial charge on any atom is 0.472 e. The second-order valence-corrected chi connectivity index (χ2v) is 33.7. The van der Waals surface area contributed by atoms with Crippen molar-refractivity contribution in [3.05, 3.63) is 0 Å². The normalized spacial score (nSPS) is 14.5. The maximum atomic E-state index is 13.1. The Morgan fingerprint density at radius 1 is 0.284 bits per heavy atom. The van der Waals surface area contributed by atoms with Crippen molar-refractivity contribution in [2.24, 2.45) is 17.8 Å². The van der Waals surface area contributed by atoms with Crippen molar-refractivity contribution >= 4 is 39.5 Å². The van der Waals surface area contributed by atoms with E-state index in [-0.39, 0.29) is 25.7 Å². The Balaban J connectivity index is 5.27. The van der Waals surface area contributed by atoms with Crippen molar-refractivity contribution in [2.45, 2.75) is 452 Å². The van der Waals surface area contributed by atoms with Crippen LogP contribution in [0.4, 0.5) is 0 Å². The summed E-state index contributed by atoms with van der Waals surface area (Å²) in [5, 5.41) is 10.7. The molecular weight excluding hydrogens is 1330 g/mol. The number of hydrogen-bond acceptors (Lipinski definition) is 15. The minimum Gasteiger partial charge on any atom is -0.462 e. The Hall–Kier alpha value is -1.94. The topological polar surface area (TPSA) is 237 Å². The Kier molecular flexibility index (Phi) is 71.8. The first kappa shape index (κ1) is 100. The lowest BCUT2D eigenvalue weighted by molar-refractivity contribution is -0.161. The summed E-state index contributed by atoms with van der Waals surface area (Å²) in [6.07, 6.45) is 62.3. The molecule has 0 radical (unpaired) electrons. The summed E-state index contributed by atoms with van der Waals surface area (Å²) in [5.74, 6) is 0.285. The SMILES string of the molecule is CCCCCCCCCCCCCCCCCCCCC(=O)OC[C@H](COP(=O)(O)OC[C@@H](O)COP(=O)(O)OC[C@@H](COC(=O)CCCCCCCCCCCC(C)C)OC(=O)CCCCCCCCCCCCC(C)CC)OC(=O)CCCCCCCCCCCCCCCCC(C)CC. The summed E-state index contributed by atoms with van der Waals surface area (Å²) in [6.45, 7) is 12.0. The molecule has 0 spiro atoms. The number of rotatable bonds is 81. The van der Waals surface area contributed by atoms with Crippen LogP contribution in [0, 0.1) is 17.8 Å². The molecule has 17 nitrogen and oxygen atoms in total. The number of hydrogen-bond donors (Lipinski definition) is 3. The van der Waals surface area contributed by atoms with Crippen molar-refractivity contribution in [2.75, 3.05) is 39.6 Å². The van der Waals surface area contributed by atoms with Gasteiger partial charge in [0.25, 0.3) is 0 Å². The molecule has 606 valence electrons. The lowest BCUT2D eigenvalue weighted by Gasteiger charge is -2.21. The minimum atomic E-state index is -4.96. The molecule has 0 rings (SSSR count). The third-order valence-electron chi connectivity index (χ3n) is 20.1. The van der Waals surface area contributed by atoms with Crippen LogP contribution in [0.1, 0.15) is 434 Å². The van der Waals surface area contributed by atoms with Gasteiger partial charge in [0.1, 0.15) is 19.3 Å². The third-order valence-corrected chi connectivity index (χ3v) is 22.0.